The quantitative estimate of drug-likeness (QED) is 0.783. The minimum atomic E-state index is -0.435. The molecule has 3 rings (SSSR count). The Kier molecular flexibility index (Phi) is 2.90. The predicted octanol–water partition coefficient (Wildman–Crippen LogP) is 3.03. The molecule has 0 saturated carbocycles. The molecule has 1 amide bonds. The summed E-state index contributed by atoms with van der Waals surface area (Å²) >= 11 is 0. The monoisotopic (exact) mass is 265 g/mol. The number of carbonyl (C=O) groups is 2. The molecule has 0 fully saturated rings. The van der Waals surface area contributed by atoms with Crippen molar-refractivity contribution < 1.29 is 9.59 Å². The first kappa shape index (κ1) is 12.6. The second-order valence-electron chi connectivity index (χ2n) is 5.18. The van der Waals surface area contributed by atoms with Gasteiger partial charge in [-0.15, -0.1) is 0 Å². The summed E-state index contributed by atoms with van der Waals surface area (Å²) in [7, 11) is 0. The predicted molar refractivity (Wildman–Crippen MR) is 77.9 cm³/mol. The first-order chi connectivity index (χ1) is 9.58. The Bertz CT molecular complexity index is 701. The maximum absolute atomic E-state index is 12.2. The molecule has 0 saturated heterocycles. The molecule has 2 aromatic carbocycles. The van der Waals surface area contributed by atoms with Gasteiger partial charge >= 0.3 is 0 Å². The number of Topliss-reactive ketones (excluding diaryl/α,β-unsaturated/α-hetero) is 1. The zero-order valence-corrected chi connectivity index (χ0v) is 11.5. The van der Waals surface area contributed by atoms with E-state index in [0.29, 0.717) is 12.1 Å². The molecule has 3 heteroatoms. The lowest BCUT2D eigenvalue weighted by Crippen LogP contribution is -2.29. The molecule has 1 aliphatic rings. The molecule has 0 radical (unpaired) electrons. The number of anilines is 1. The van der Waals surface area contributed by atoms with Crippen LogP contribution in [0.5, 0.6) is 0 Å². The third-order valence-electron chi connectivity index (χ3n) is 3.65. The topological polar surface area (TPSA) is 37.4 Å². The number of benzene rings is 2. The summed E-state index contributed by atoms with van der Waals surface area (Å²) in [6.07, 6.45) is 0. The number of nitrogens with zero attached hydrogens (tertiary/aromatic N) is 1. The van der Waals surface area contributed by atoms with E-state index in [1.54, 1.807) is 11.0 Å². The first-order valence-corrected chi connectivity index (χ1v) is 6.59. The minimum absolute atomic E-state index is 0.407. The lowest BCUT2D eigenvalue weighted by atomic mass is 10.1. The van der Waals surface area contributed by atoms with Crippen molar-refractivity contribution in [1.29, 1.82) is 0 Å². The third-order valence-corrected chi connectivity index (χ3v) is 3.65. The molecule has 1 heterocycles. The highest BCUT2D eigenvalue weighted by Crippen LogP contribution is 2.33. The highest BCUT2D eigenvalue weighted by molar-refractivity contribution is 6.52. The van der Waals surface area contributed by atoms with E-state index in [1.807, 2.05) is 50.2 Å². The van der Waals surface area contributed by atoms with Gasteiger partial charge in [-0.25, -0.2) is 0 Å². The fraction of sp³-hybridized carbons (Fsp3) is 0.176. The van der Waals surface area contributed by atoms with Crippen LogP contribution in [-0.4, -0.2) is 11.7 Å². The molecule has 3 nitrogen and oxygen atoms in total. The summed E-state index contributed by atoms with van der Waals surface area (Å²) in [6.45, 7) is 4.38. The second-order valence-corrected chi connectivity index (χ2v) is 5.18. The Morgan fingerprint density at radius 2 is 1.65 bits per heavy atom. The average molecular weight is 265 g/mol. The van der Waals surface area contributed by atoms with Crippen LogP contribution >= 0.6 is 0 Å². The maximum Gasteiger partial charge on any atom is 0.299 e. The molecular formula is C17H15NO2. The van der Waals surface area contributed by atoms with E-state index in [-0.39, 0.29) is 0 Å². The van der Waals surface area contributed by atoms with Gasteiger partial charge in [0.25, 0.3) is 11.7 Å². The van der Waals surface area contributed by atoms with E-state index in [2.05, 4.69) is 0 Å². The summed E-state index contributed by atoms with van der Waals surface area (Å²) < 4.78 is 0. The van der Waals surface area contributed by atoms with Gasteiger partial charge in [-0.2, -0.15) is 0 Å². The van der Waals surface area contributed by atoms with E-state index >= 15 is 0 Å². The summed E-state index contributed by atoms with van der Waals surface area (Å²) in [5, 5.41) is 0. The average Bonchev–Trinajstić information content (AvgIpc) is 2.68. The van der Waals surface area contributed by atoms with Crippen molar-refractivity contribution in [3.8, 4) is 0 Å². The normalized spacial score (nSPS) is 13.8. The van der Waals surface area contributed by atoms with Crippen molar-refractivity contribution in [3.63, 3.8) is 0 Å². The van der Waals surface area contributed by atoms with E-state index in [9.17, 15) is 9.59 Å². The van der Waals surface area contributed by atoms with Crippen molar-refractivity contribution in [2.45, 2.75) is 20.4 Å². The minimum Gasteiger partial charge on any atom is -0.300 e. The summed E-state index contributed by atoms with van der Waals surface area (Å²) in [5.74, 6) is -0.842. The highest BCUT2D eigenvalue weighted by Gasteiger charge is 2.36. The fourth-order valence-corrected chi connectivity index (χ4v) is 2.57. The van der Waals surface area contributed by atoms with Crippen LogP contribution in [0.4, 0.5) is 5.69 Å². The van der Waals surface area contributed by atoms with Gasteiger partial charge in [-0.3, -0.25) is 9.59 Å². The van der Waals surface area contributed by atoms with Crippen molar-refractivity contribution in [2.75, 3.05) is 4.90 Å². The van der Waals surface area contributed by atoms with E-state index in [1.165, 1.54) is 5.56 Å². The summed E-state index contributed by atoms with van der Waals surface area (Å²) in [5.41, 5.74) is 4.42. The Balaban J connectivity index is 2.01. The highest BCUT2D eigenvalue weighted by atomic mass is 16.2. The van der Waals surface area contributed by atoms with Gasteiger partial charge in [0.15, 0.2) is 0 Å². The molecule has 0 aliphatic carbocycles. The zero-order valence-electron chi connectivity index (χ0n) is 11.5. The van der Waals surface area contributed by atoms with Crippen molar-refractivity contribution in [2.24, 2.45) is 0 Å². The smallest absolute Gasteiger partial charge is 0.299 e. The number of hydrogen-bond donors (Lipinski definition) is 0. The molecule has 0 spiro atoms. The number of aryl methyl sites for hydroxylation is 2. The maximum atomic E-state index is 12.2. The van der Waals surface area contributed by atoms with Gasteiger partial charge in [0, 0.05) is 0 Å². The summed E-state index contributed by atoms with van der Waals surface area (Å²) in [6, 6.07) is 13.5. The molecule has 2 aromatic rings. The molecule has 0 bridgehead atoms. The molecular weight excluding hydrogens is 250 g/mol. The van der Waals surface area contributed by atoms with E-state index < -0.39 is 11.7 Å². The van der Waals surface area contributed by atoms with Gasteiger partial charge in [0.2, 0.25) is 0 Å². The molecule has 1 aliphatic heterocycles. The summed E-state index contributed by atoms with van der Waals surface area (Å²) in [4.78, 5) is 25.8. The molecule has 0 unspecified atom stereocenters. The lowest BCUT2D eigenvalue weighted by molar-refractivity contribution is -0.114. The molecule has 0 N–H and O–H groups in total. The van der Waals surface area contributed by atoms with Crippen LogP contribution in [-0.2, 0) is 11.3 Å². The van der Waals surface area contributed by atoms with Crippen LogP contribution in [0.1, 0.15) is 27.0 Å². The van der Waals surface area contributed by atoms with Crippen LogP contribution in [0.15, 0.2) is 42.5 Å². The lowest BCUT2D eigenvalue weighted by Gasteiger charge is -2.18. The fourth-order valence-electron chi connectivity index (χ4n) is 2.57. The molecule has 0 atom stereocenters. The number of ketones is 1. The Hall–Kier alpha value is -2.42. The van der Waals surface area contributed by atoms with Crippen molar-refractivity contribution in [1.82, 2.24) is 0 Å². The van der Waals surface area contributed by atoms with Crippen LogP contribution in [0.2, 0.25) is 0 Å². The number of amides is 1. The number of para-hydroxylation sites is 1. The van der Waals surface area contributed by atoms with E-state index in [0.717, 1.165) is 16.8 Å². The molecule has 100 valence electrons. The third kappa shape index (κ3) is 1.92. The SMILES string of the molecule is Cc1ccc(CN2C(=O)C(=O)c3cccc(C)c32)cc1. The Morgan fingerprint density at radius 1 is 0.950 bits per heavy atom. The van der Waals surface area contributed by atoms with Crippen LogP contribution in [0, 0.1) is 13.8 Å². The standard InChI is InChI=1S/C17H15NO2/c1-11-6-8-13(9-7-11)10-18-15-12(2)4-3-5-14(15)16(19)17(18)20/h3-9H,10H2,1-2H3. The van der Waals surface area contributed by atoms with Gasteiger partial charge < -0.3 is 4.90 Å². The van der Waals surface area contributed by atoms with Gasteiger partial charge in [0.05, 0.1) is 17.8 Å². The number of rotatable bonds is 2. The first-order valence-electron chi connectivity index (χ1n) is 6.59. The van der Waals surface area contributed by atoms with Gasteiger partial charge in [-0.1, -0.05) is 42.0 Å². The van der Waals surface area contributed by atoms with E-state index in [4.69, 9.17) is 0 Å². The van der Waals surface area contributed by atoms with Crippen molar-refractivity contribution >= 4 is 17.4 Å². The van der Waals surface area contributed by atoms with Crippen LogP contribution in [0.25, 0.3) is 0 Å². The Morgan fingerprint density at radius 3 is 2.35 bits per heavy atom. The van der Waals surface area contributed by atoms with Crippen molar-refractivity contribution in [3.05, 3.63) is 64.7 Å². The second kappa shape index (κ2) is 4.60. The van der Waals surface area contributed by atoms with Gasteiger partial charge in [0.1, 0.15) is 0 Å². The number of fused-ring (bicyclic) bond motifs is 1. The largest absolute Gasteiger partial charge is 0.300 e. The Labute approximate surface area is 117 Å². The molecule has 20 heavy (non-hydrogen) atoms. The number of hydrogen-bond acceptors (Lipinski definition) is 2. The number of carbonyl (C=O) groups excluding carboxylic acids is 2. The van der Waals surface area contributed by atoms with Crippen LogP contribution in [0.3, 0.4) is 0 Å². The zero-order chi connectivity index (χ0) is 14.3. The van der Waals surface area contributed by atoms with Gasteiger partial charge in [-0.05, 0) is 31.0 Å². The van der Waals surface area contributed by atoms with Crippen LogP contribution < -0.4 is 4.90 Å². The molecule has 0 aromatic heterocycles.